The first-order valence-corrected chi connectivity index (χ1v) is 13.2. The maximum absolute atomic E-state index is 12.0. The Morgan fingerprint density at radius 2 is 1.23 bits per heavy atom. The van der Waals surface area contributed by atoms with Crippen LogP contribution in [0.2, 0.25) is 0 Å². The molecule has 0 N–H and O–H groups in total. The molecule has 1 aromatic rings. The van der Waals surface area contributed by atoms with Crippen LogP contribution in [0.15, 0.2) is 24.3 Å². The third kappa shape index (κ3) is 15.2. The molecule has 0 bridgehead atoms. The number of benzene rings is 1. The topological polar surface area (TPSA) is 26.3 Å². The second kappa shape index (κ2) is 17.3. The number of carbonyl (C=O) groups excluding carboxylic acids is 1. The van der Waals surface area contributed by atoms with E-state index in [9.17, 15) is 4.79 Å². The molecule has 0 aliphatic carbocycles. The first-order valence-electron chi connectivity index (χ1n) is 13.2. The van der Waals surface area contributed by atoms with Gasteiger partial charge in [-0.05, 0) is 23.0 Å². The van der Waals surface area contributed by atoms with Gasteiger partial charge in [-0.25, -0.2) is 0 Å². The number of hydrogen-bond donors (Lipinski definition) is 0. The Morgan fingerprint density at radius 3 is 1.71 bits per heavy atom. The van der Waals surface area contributed by atoms with Gasteiger partial charge in [0.15, 0.2) is 0 Å². The van der Waals surface area contributed by atoms with Crippen molar-refractivity contribution in [1.82, 2.24) is 0 Å². The van der Waals surface area contributed by atoms with Gasteiger partial charge in [0, 0.05) is 6.42 Å². The first kappa shape index (κ1) is 27.7. The van der Waals surface area contributed by atoms with Gasteiger partial charge < -0.3 is 4.74 Å². The Labute approximate surface area is 193 Å². The van der Waals surface area contributed by atoms with E-state index in [2.05, 4.69) is 45.9 Å². The van der Waals surface area contributed by atoms with E-state index in [4.69, 9.17) is 4.74 Å². The van der Waals surface area contributed by atoms with Gasteiger partial charge in [-0.1, -0.05) is 142 Å². The molecule has 0 spiro atoms. The summed E-state index contributed by atoms with van der Waals surface area (Å²) in [6.07, 6.45) is 20.7. The molecule has 0 amide bonds. The molecule has 0 atom stereocenters. The minimum Gasteiger partial charge on any atom is -0.461 e. The van der Waals surface area contributed by atoms with Crippen molar-refractivity contribution in [3.63, 3.8) is 0 Å². The minimum absolute atomic E-state index is 0.0594. The van der Waals surface area contributed by atoms with Crippen molar-refractivity contribution in [3.05, 3.63) is 35.4 Å². The maximum Gasteiger partial charge on any atom is 0.306 e. The van der Waals surface area contributed by atoms with Gasteiger partial charge in [-0.3, -0.25) is 4.79 Å². The van der Waals surface area contributed by atoms with Crippen LogP contribution in [-0.4, -0.2) is 5.97 Å². The molecule has 0 aliphatic heterocycles. The molecule has 0 fully saturated rings. The van der Waals surface area contributed by atoms with Gasteiger partial charge in [0.05, 0.1) is 0 Å². The summed E-state index contributed by atoms with van der Waals surface area (Å²) in [4.78, 5) is 12.0. The van der Waals surface area contributed by atoms with Crippen molar-refractivity contribution in [2.24, 2.45) is 0 Å². The van der Waals surface area contributed by atoms with E-state index in [1.165, 1.54) is 89.0 Å². The van der Waals surface area contributed by atoms with Gasteiger partial charge in [0.1, 0.15) is 6.61 Å². The molecule has 0 aliphatic rings. The van der Waals surface area contributed by atoms with E-state index in [-0.39, 0.29) is 11.4 Å². The van der Waals surface area contributed by atoms with E-state index < -0.39 is 0 Å². The number of ether oxygens (including phenoxy) is 1. The van der Waals surface area contributed by atoms with E-state index in [0.29, 0.717) is 13.0 Å². The molecule has 0 radical (unpaired) electrons. The van der Waals surface area contributed by atoms with Crippen LogP contribution in [0, 0.1) is 0 Å². The standard InChI is InChI=1S/C29H50O2/c1-5-6-7-8-9-10-11-12-13-14-15-16-17-18-19-23-28(30)31-25-26-21-20-22-27(24-26)29(2,3)4/h20-22,24H,5-19,23,25H2,1-4H3. The molecule has 1 aromatic carbocycles. The lowest BCUT2D eigenvalue weighted by atomic mass is 9.86. The summed E-state index contributed by atoms with van der Waals surface area (Å²) in [6.45, 7) is 9.28. The van der Waals surface area contributed by atoms with Crippen LogP contribution in [0.3, 0.4) is 0 Å². The zero-order valence-electron chi connectivity index (χ0n) is 21.1. The maximum atomic E-state index is 12.0. The third-order valence-corrected chi connectivity index (χ3v) is 6.18. The predicted molar refractivity (Wildman–Crippen MR) is 134 cm³/mol. The fourth-order valence-electron chi connectivity index (χ4n) is 4.00. The number of hydrogen-bond acceptors (Lipinski definition) is 2. The Balaban J connectivity index is 1.92. The van der Waals surface area contributed by atoms with Crippen LogP contribution in [-0.2, 0) is 21.6 Å². The third-order valence-electron chi connectivity index (χ3n) is 6.18. The molecule has 0 saturated heterocycles. The average molecular weight is 431 g/mol. The van der Waals surface area contributed by atoms with Crippen LogP contribution in [0.5, 0.6) is 0 Å². The van der Waals surface area contributed by atoms with E-state index in [0.717, 1.165) is 18.4 Å². The fourth-order valence-corrected chi connectivity index (χ4v) is 4.00. The number of esters is 1. The molecule has 31 heavy (non-hydrogen) atoms. The molecule has 178 valence electrons. The summed E-state index contributed by atoms with van der Waals surface area (Å²) in [6, 6.07) is 8.39. The van der Waals surface area contributed by atoms with Crippen LogP contribution in [0.25, 0.3) is 0 Å². The smallest absolute Gasteiger partial charge is 0.306 e. The highest BCUT2D eigenvalue weighted by atomic mass is 16.5. The van der Waals surface area contributed by atoms with E-state index in [1.54, 1.807) is 0 Å². The zero-order valence-corrected chi connectivity index (χ0v) is 21.1. The summed E-state index contributed by atoms with van der Waals surface area (Å²) in [7, 11) is 0. The number of unbranched alkanes of at least 4 members (excludes halogenated alkanes) is 14. The van der Waals surface area contributed by atoms with Crippen LogP contribution in [0.4, 0.5) is 0 Å². The van der Waals surface area contributed by atoms with Gasteiger partial charge in [-0.2, -0.15) is 0 Å². The molecule has 0 heterocycles. The molecule has 0 aromatic heterocycles. The van der Waals surface area contributed by atoms with Crippen molar-refractivity contribution < 1.29 is 9.53 Å². The Hall–Kier alpha value is -1.31. The molecule has 0 saturated carbocycles. The predicted octanol–water partition coefficient (Wildman–Crippen LogP) is 9.29. The van der Waals surface area contributed by atoms with Crippen molar-refractivity contribution in [3.8, 4) is 0 Å². The van der Waals surface area contributed by atoms with Crippen molar-refractivity contribution in [1.29, 1.82) is 0 Å². The molecular formula is C29H50O2. The summed E-state index contributed by atoms with van der Waals surface area (Å²) in [5, 5.41) is 0. The lowest BCUT2D eigenvalue weighted by Gasteiger charge is -2.19. The van der Waals surface area contributed by atoms with Crippen LogP contribution >= 0.6 is 0 Å². The van der Waals surface area contributed by atoms with Gasteiger partial charge in [0.25, 0.3) is 0 Å². The SMILES string of the molecule is CCCCCCCCCCCCCCCCCC(=O)OCc1cccc(C(C)(C)C)c1. The van der Waals surface area contributed by atoms with Gasteiger partial charge in [-0.15, -0.1) is 0 Å². The Morgan fingerprint density at radius 1 is 0.742 bits per heavy atom. The molecule has 1 rings (SSSR count). The summed E-state index contributed by atoms with van der Waals surface area (Å²) in [5.74, 6) is -0.0594. The Kier molecular flexibility index (Phi) is 15.4. The summed E-state index contributed by atoms with van der Waals surface area (Å²) < 4.78 is 5.48. The molecule has 2 heteroatoms. The van der Waals surface area contributed by atoms with Crippen LogP contribution < -0.4 is 0 Å². The monoisotopic (exact) mass is 430 g/mol. The normalized spacial score (nSPS) is 11.6. The number of carbonyl (C=O) groups is 1. The zero-order chi connectivity index (χ0) is 22.8. The minimum atomic E-state index is -0.0594. The van der Waals surface area contributed by atoms with E-state index >= 15 is 0 Å². The second-order valence-electron chi connectivity index (χ2n) is 10.3. The van der Waals surface area contributed by atoms with Crippen molar-refractivity contribution in [2.45, 2.75) is 142 Å². The second-order valence-corrected chi connectivity index (χ2v) is 10.3. The average Bonchev–Trinajstić information content (AvgIpc) is 2.74. The van der Waals surface area contributed by atoms with Crippen molar-refractivity contribution >= 4 is 5.97 Å². The van der Waals surface area contributed by atoms with E-state index in [1.807, 2.05) is 6.07 Å². The highest BCUT2D eigenvalue weighted by Gasteiger charge is 2.14. The van der Waals surface area contributed by atoms with Gasteiger partial charge in [0.2, 0.25) is 0 Å². The molecule has 2 nitrogen and oxygen atoms in total. The quantitative estimate of drug-likeness (QED) is 0.171. The van der Waals surface area contributed by atoms with Crippen molar-refractivity contribution in [2.75, 3.05) is 0 Å². The molecule has 0 unspecified atom stereocenters. The van der Waals surface area contributed by atoms with Crippen LogP contribution in [0.1, 0.15) is 142 Å². The fraction of sp³-hybridized carbons (Fsp3) is 0.759. The first-order chi connectivity index (χ1) is 14.9. The summed E-state index contributed by atoms with van der Waals surface area (Å²) >= 11 is 0. The highest BCUT2D eigenvalue weighted by molar-refractivity contribution is 5.69. The lowest BCUT2D eigenvalue weighted by Crippen LogP contribution is -2.11. The highest BCUT2D eigenvalue weighted by Crippen LogP contribution is 2.23. The number of rotatable bonds is 18. The summed E-state index contributed by atoms with van der Waals surface area (Å²) in [5.41, 5.74) is 2.48. The molecular weight excluding hydrogens is 380 g/mol. The van der Waals surface area contributed by atoms with Gasteiger partial charge >= 0.3 is 5.97 Å². The largest absolute Gasteiger partial charge is 0.461 e. The lowest BCUT2D eigenvalue weighted by molar-refractivity contribution is -0.145. The Bertz CT molecular complexity index is 570.